The van der Waals surface area contributed by atoms with Crippen molar-refractivity contribution in [1.29, 1.82) is 0 Å². The number of carbonyl (C=O) groups is 1. The Hall–Kier alpha value is -0.960. The van der Waals surface area contributed by atoms with Gasteiger partial charge in [-0.2, -0.15) is 0 Å². The first-order chi connectivity index (χ1) is 8.35. The maximum Gasteiger partial charge on any atom is 0.330 e. The molecular weight excluding hydrogens is 265 g/mol. The van der Waals surface area contributed by atoms with Crippen molar-refractivity contribution in [2.75, 3.05) is 6.61 Å². The summed E-state index contributed by atoms with van der Waals surface area (Å²) in [5, 5.41) is 30.2. The maximum atomic E-state index is 11.6. The lowest BCUT2D eigenvalue weighted by molar-refractivity contribution is -0.0646. The Morgan fingerprint density at radius 2 is 2.17 bits per heavy atom. The molecule has 0 aromatic rings. The molecule has 1 saturated heterocycles. The topological polar surface area (TPSA) is 145 Å². The fourth-order valence-corrected chi connectivity index (χ4v) is 2.62. The number of rotatable bonds is 2. The van der Waals surface area contributed by atoms with Gasteiger partial charge in [0.15, 0.2) is 6.23 Å². The van der Waals surface area contributed by atoms with Crippen LogP contribution in [0.4, 0.5) is 4.79 Å². The van der Waals surface area contributed by atoms with Crippen LogP contribution in [-0.4, -0.2) is 57.4 Å². The average Bonchev–Trinajstić information content (AvgIpc) is 2.55. The summed E-state index contributed by atoms with van der Waals surface area (Å²) in [5.74, 6) is 1.09. The van der Waals surface area contributed by atoms with Crippen LogP contribution >= 0.6 is 7.44 Å². The molecule has 102 valence electrons. The van der Waals surface area contributed by atoms with Gasteiger partial charge in [0, 0.05) is 12.0 Å². The minimum Gasteiger partial charge on any atom is -0.394 e. The summed E-state index contributed by atoms with van der Waals surface area (Å²) in [6.45, 7) is -0.497. The summed E-state index contributed by atoms with van der Waals surface area (Å²) in [6, 6.07) is -0.807. The van der Waals surface area contributed by atoms with Crippen molar-refractivity contribution < 1.29 is 29.4 Å². The Bertz CT molecular complexity index is 429. The number of urea groups is 1. The lowest BCUT2D eigenvalue weighted by Gasteiger charge is -2.31. The molecule has 18 heavy (non-hydrogen) atoms. The molecule has 0 aromatic carbocycles. The first-order valence-corrected chi connectivity index (χ1v) is 7.01. The van der Waals surface area contributed by atoms with E-state index in [1.54, 1.807) is 0 Å². The van der Waals surface area contributed by atoms with Crippen LogP contribution in [0.3, 0.4) is 0 Å². The van der Waals surface area contributed by atoms with Crippen LogP contribution < -0.4 is 10.6 Å². The van der Waals surface area contributed by atoms with E-state index >= 15 is 0 Å². The molecule has 2 heterocycles. The van der Waals surface area contributed by atoms with Gasteiger partial charge in [-0.3, -0.25) is 20.1 Å². The maximum absolute atomic E-state index is 11.6. The Balaban J connectivity index is 2.18. The molecule has 2 rings (SSSR count). The quantitative estimate of drug-likeness (QED) is 0.370. The molecule has 0 aliphatic carbocycles. The number of amides is 2. The van der Waals surface area contributed by atoms with Gasteiger partial charge in [0.1, 0.15) is 18.3 Å². The van der Waals surface area contributed by atoms with Crippen molar-refractivity contribution in [3.05, 3.63) is 12.0 Å². The molecular formula is C8H14N3O6P. The van der Waals surface area contributed by atoms with Gasteiger partial charge in [0.25, 0.3) is 7.44 Å². The van der Waals surface area contributed by atoms with Crippen LogP contribution in [-0.2, 0) is 9.30 Å². The third-order valence-corrected chi connectivity index (χ3v) is 3.86. The van der Waals surface area contributed by atoms with Gasteiger partial charge in [0.2, 0.25) is 0 Å². The smallest absolute Gasteiger partial charge is 0.330 e. The molecule has 2 aliphatic heterocycles. The third kappa shape index (κ3) is 2.28. The fraction of sp³-hybridized carbons (Fsp3) is 0.625. The second-order valence-electron chi connectivity index (χ2n) is 4.06. The molecule has 0 aromatic heterocycles. The molecule has 9 nitrogen and oxygen atoms in total. The highest BCUT2D eigenvalue weighted by Crippen LogP contribution is 2.37. The van der Waals surface area contributed by atoms with E-state index in [0.717, 1.165) is 16.9 Å². The average molecular weight is 279 g/mol. The highest BCUT2D eigenvalue weighted by Gasteiger charge is 2.47. The van der Waals surface area contributed by atoms with E-state index in [1.165, 1.54) is 0 Å². The van der Waals surface area contributed by atoms with E-state index in [-0.39, 0.29) is 0 Å². The number of ether oxygens (including phenoxy) is 1. The van der Waals surface area contributed by atoms with Crippen LogP contribution in [0.1, 0.15) is 0 Å². The van der Waals surface area contributed by atoms with E-state index in [9.17, 15) is 19.6 Å². The predicted molar refractivity (Wildman–Crippen MR) is 59.1 cm³/mol. The molecule has 0 bridgehead atoms. The number of carbonyl (C=O) groups excluding carboxylic acids is 1. The number of nitrogens with one attached hydrogen (secondary N) is 1. The highest BCUT2D eigenvalue weighted by atomic mass is 31.2. The van der Waals surface area contributed by atoms with Gasteiger partial charge in [-0.1, -0.05) is 0 Å². The van der Waals surface area contributed by atoms with Gasteiger partial charge in [-0.05, 0) is 0 Å². The second kappa shape index (κ2) is 4.61. The summed E-state index contributed by atoms with van der Waals surface area (Å²) in [6.07, 6.45) is -3.73. The number of aliphatic hydroxyl groups excluding tert-OH is 3. The summed E-state index contributed by atoms with van der Waals surface area (Å²) in [7, 11) is -3.35. The molecule has 0 saturated carbocycles. The van der Waals surface area contributed by atoms with Crippen molar-refractivity contribution >= 4 is 13.5 Å². The number of nitrogens with zero attached hydrogens (tertiary/aromatic N) is 1. The SMILES string of the molecule is NP1(=O)C=CN(C2OC(CO)C(O)C2O)C(=O)N1. The molecule has 2 amide bonds. The zero-order valence-corrected chi connectivity index (χ0v) is 10.1. The Morgan fingerprint density at radius 3 is 2.67 bits per heavy atom. The van der Waals surface area contributed by atoms with Crippen LogP contribution in [0.5, 0.6) is 0 Å². The minimum atomic E-state index is -3.35. The Morgan fingerprint density at radius 1 is 1.50 bits per heavy atom. The molecule has 5 atom stereocenters. The van der Waals surface area contributed by atoms with Crippen LogP contribution in [0.15, 0.2) is 12.0 Å². The standard InChI is InChI=1S/C8H14N3O6P/c9-18(16)2-1-11(8(15)10-18)7-6(14)5(13)4(3-12)17-7/h1-2,4-7,12-14H,3H2,(H3,9,10,15,16). The van der Waals surface area contributed by atoms with E-state index < -0.39 is 44.6 Å². The monoisotopic (exact) mass is 279 g/mol. The fourth-order valence-electron chi connectivity index (χ4n) is 1.79. The second-order valence-corrected chi connectivity index (χ2v) is 6.00. The lowest BCUT2D eigenvalue weighted by atomic mass is 10.1. The van der Waals surface area contributed by atoms with E-state index in [1.807, 2.05) is 5.09 Å². The molecule has 0 spiro atoms. The van der Waals surface area contributed by atoms with E-state index in [0.29, 0.717) is 0 Å². The van der Waals surface area contributed by atoms with Crippen molar-refractivity contribution in [1.82, 2.24) is 9.99 Å². The molecule has 10 heteroatoms. The van der Waals surface area contributed by atoms with Gasteiger partial charge in [-0.15, -0.1) is 0 Å². The highest BCUT2D eigenvalue weighted by molar-refractivity contribution is 7.63. The number of hydrogen-bond donors (Lipinski definition) is 5. The first kappa shape index (κ1) is 13.5. The molecule has 2 aliphatic rings. The van der Waals surface area contributed by atoms with Crippen molar-refractivity contribution in [3.8, 4) is 0 Å². The molecule has 0 radical (unpaired) electrons. The number of hydrogen-bond acceptors (Lipinski definition) is 6. The van der Waals surface area contributed by atoms with Crippen LogP contribution in [0.2, 0.25) is 0 Å². The molecule has 6 N–H and O–H groups in total. The van der Waals surface area contributed by atoms with Gasteiger partial charge < -0.3 is 20.1 Å². The van der Waals surface area contributed by atoms with Gasteiger partial charge in [-0.25, -0.2) is 4.79 Å². The zero-order valence-electron chi connectivity index (χ0n) is 9.21. The summed E-state index contributed by atoms with van der Waals surface area (Å²) in [4.78, 5) is 12.5. The van der Waals surface area contributed by atoms with E-state index in [4.69, 9.17) is 15.3 Å². The first-order valence-electron chi connectivity index (χ1n) is 5.16. The Kier molecular flexibility index (Phi) is 3.45. The van der Waals surface area contributed by atoms with Crippen LogP contribution in [0.25, 0.3) is 0 Å². The van der Waals surface area contributed by atoms with Crippen molar-refractivity contribution in [2.45, 2.75) is 24.5 Å². The third-order valence-electron chi connectivity index (χ3n) is 2.74. The normalized spacial score (nSPS) is 44.2. The van der Waals surface area contributed by atoms with Gasteiger partial charge in [0.05, 0.1) is 6.61 Å². The minimum absolute atomic E-state index is 0.497. The lowest BCUT2D eigenvalue weighted by Crippen LogP contribution is -2.49. The number of nitrogens with two attached hydrogens (primary N) is 1. The zero-order chi connectivity index (χ0) is 13.5. The summed E-state index contributed by atoms with van der Waals surface area (Å²) >= 11 is 0. The van der Waals surface area contributed by atoms with E-state index in [2.05, 4.69) is 0 Å². The van der Waals surface area contributed by atoms with Crippen molar-refractivity contribution in [2.24, 2.45) is 5.50 Å². The Labute approximate surface area is 102 Å². The van der Waals surface area contributed by atoms with Crippen molar-refractivity contribution in [3.63, 3.8) is 0 Å². The molecule has 5 unspecified atom stereocenters. The summed E-state index contributed by atoms with van der Waals surface area (Å²) in [5.41, 5.74) is 5.26. The predicted octanol–water partition coefficient (Wildman–Crippen LogP) is -1.93. The molecule has 1 fully saturated rings. The van der Waals surface area contributed by atoms with Crippen LogP contribution in [0, 0.1) is 0 Å². The summed E-state index contributed by atoms with van der Waals surface area (Å²) < 4.78 is 16.6. The largest absolute Gasteiger partial charge is 0.394 e. The number of aliphatic hydroxyl groups is 3. The van der Waals surface area contributed by atoms with Gasteiger partial charge >= 0.3 is 6.03 Å².